The van der Waals surface area contributed by atoms with Crippen molar-refractivity contribution >= 4 is 21.1 Å². The average Bonchev–Trinajstić information content (AvgIpc) is 2.90. The number of fused-ring (bicyclic) bond motifs is 1. The molecule has 132 valence electrons. The zero-order chi connectivity index (χ0) is 18.0. The molecule has 3 aromatic rings. The lowest BCUT2D eigenvalue weighted by Gasteiger charge is -2.07. The maximum atomic E-state index is 12.3. The van der Waals surface area contributed by atoms with E-state index in [9.17, 15) is 8.42 Å². The van der Waals surface area contributed by atoms with Crippen molar-refractivity contribution in [2.24, 2.45) is 7.05 Å². The topological polar surface area (TPSA) is 73.2 Å². The van der Waals surface area contributed by atoms with Gasteiger partial charge in [-0.2, -0.15) is 0 Å². The van der Waals surface area contributed by atoms with E-state index in [2.05, 4.69) is 9.71 Å². The first-order valence-electron chi connectivity index (χ1n) is 7.96. The van der Waals surface area contributed by atoms with Gasteiger partial charge in [-0.1, -0.05) is 17.7 Å². The molecule has 1 N–H and O–H groups in total. The highest BCUT2D eigenvalue weighted by Gasteiger charge is 2.14. The number of methoxy groups -OCH3 is 1. The van der Waals surface area contributed by atoms with E-state index in [1.807, 2.05) is 36.7 Å². The molecule has 0 aliphatic heterocycles. The fourth-order valence-corrected chi connectivity index (χ4v) is 3.71. The van der Waals surface area contributed by atoms with Gasteiger partial charge in [-0.05, 0) is 31.2 Å². The van der Waals surface area contributed by atoms with Crippen LogP contribution in [0.4, 0.5) is 0 Å². The normalized spacial score (nSPS) is 11.8. The molecule has 0 radical (unpaired) electrons. The third kappa shape index (κ3) is 3.67. The number of hydrogen-bond donors (Lipinski definition) is 1. The molecule has 1 aromatic heterocycles. The Hall–Kier alpha value is -2.38. The van der Waals surface area contributed by atoms with E-state index in [1.54, 1.807) is 31.4 Å². The van der Waals surface area contributed by atoms with Crippen LogP contribution in [0.3, 0.4) is 0 Å². The summed E-state index contributed by atoms with van der Waals surface area (Å²) >= 11 is 0. The van der Waals surface area contributed by atoms with Crippen LogP contribution in [0.2, 0.25) is 0 Å². The quantitative estimate of drug-likeness (QED) is 0.733. The molecular formula is C18H21N3O3S. The van der Waals surface area contributed by atoms with Gasteiger partial charge >= 0.3 is 0 Å². The van der Waals surface area contributed by atoms with Crippen molar-refractivity contribution in [1.29, 1.82) is 0 Å². The minimum atomic E-state index is -3.51. The second-order valence-corrected chi connectivity index (χ2v) is 7.67. The van der Waals surface area contributed by atoms with Crippen molar-refractivity contribution in [2.75, 3.05) is 13.7 Å². The molecule has 0 amide bonds. The van der Waals surface area contributed by atoms with Gasteiger partial charge in [0.15, 0.2) is 0 Å². The van der Waals surface area contributed by atoms with Gasteiger partial charge in [0.1, 0.15) is 11.6 Å². The Kier molecular flexibility index (Phi) is 4.78. The predicted octanol–water partition coefficient (Wildman–Crippen LogP) is 2.41. The largest absolute Gasteiger partial charge is 0.497 e. The fourth-order valence-electron chi connectivity index (χ4n) is 2.68. The summed E-state index contributed by atoms with van der Waals surface area (Å²) in [7, 11) is 0.0304. The summed E-state index contributed by atoms with van der Waals surface area (Å²) in [4.78, 5) is 4.84. The Bertz CT molecular complexity index is 992. The minimum Gasteiger partial charge on any atom is -0.497 e. The van der Waals surface area contributed by atoms with E-state index in [0.717, 1.165) is 28.2 Å². The molecular weight excluding hydrogens is 338 g/mol. The summed E-state index contributed by atoms with van der Waals surface area (Å²) in [6.45, 7) is 2.20. The zero-order valence-corrected chi connectivity index (χ0v) is 15.3. The number of benzene rings is 2. The number of aromatic nitrogens is 2. The molecule has 0 saturated carbocycles. The van der Waals surface area contributed by atoms with Crippen molar-refractivity contribution in [3.63, 3.8) is 0 Å². The number of hydrogen-bond acceptors (Lipinski definition) is 4. The van der Waals surface area contributed by atoms with E-state index in [-0.39, 0.29) is 11.4 Å². The van der Waals surface area contributed by atoms with Crippen LogP contribution >= 0.6 is 0 Å². The van der Waals surface area contributed by atoms with Crippen LogP contribution in [-0.2, 0) is 23.5 Å². The molecule has 6 nitrogen and oxygen atoms in total. The Labute approximate surface area is 147 Å². The van der Waals surface area contributed by atoms with Gasteiger partial charge < -0.3 is 9.30 Å². The number of aryl methyl sites for hydroxylation is 2. The maximum Gasteiger partial charge on any atom is 0.240 e. The van der Waals surface area contributed by atoms with E-state index < -0.39 is 10.0 Å². The van der Waals surface area contributed by atoms with Gasteiger partial charge in [-0.25, -0.2) is 18.1 Å². The maximum absolute atomic E-state index is 12.3. The summed E-state index contributed by atoms with van der Waals surface area (Å²) in [5.41, 5.74) is 2.84. The number of nitrogens with one attached hydrogen (secondary N) is 1. The number of nitrogens with zero attached hydrogens (tertiary/aromatic N) is 2. The van der Waals surface area contributed by atoms with E-state index in [0.29, 0.717) is 6.42 Å². The van der Waals surface area contributed by atoms with Crippen molar-refractivity contribution in [1.82, 2.24) is 14.3 Å². The predicted molar refractivity (Wildman–Crippen MR) is 97.3 cm³/mol. The highest BCUT2D eigenvalue weighted by molar-refractivity contribution is 7.89. The summed E-state index contributed by atoms with van der Waals surface area (Å²) in [5, 5.41) is 0. The standard InChI is InChI=1S/C18H21N3O3S/c1-13-4-7-15(8-5-13)25(22,23)19-11-10-18-20-16-12-14(24-3)6-9-17(16)21(18)2/h4-9,12,19H,10-11H2,1-3H3. The molecule has 0 saturated heterocycles. The molecule has 0 fully saturated rings. The van der Waals surface area contributed by atoms with Gasteiger partial charge in [0.05, 0.1) is 23.0 Å². The number of sulfonamides is 1. The first-order chi connectivity index (χ1) is 11.9. The minimum absolute atomic E-state index is 0.271. The number of imidazole rings is 1. The second kappa shape index (κ2) is 6.85. The highest BCUT2D eigenvalue weighted by atomic mass is 32.2. The first-order valence-corrected chi connectivity index (χ1v) is 9.45. The molecule has 0 atom stereocenters. The van der Waals surface area contributed by atoms with Crippen LogP contribution in [0.5, 0.6) is 5.75 Å². The number of rotatable bonds is 6. The summed E-state index contributed by atoms with van der Waals surface area (Å²) in [5.74, 6) is 1.56. The van der Waals surface area contributed by atoms with Crippen LogP contribution in [-0.4, -0.2) is 31.6 Å². The Morgan fingerprint density at radius 3 is 2.56 bits per heavy atom. The van der Waals surface area contributed by atoms with Gasteiger partial charge in [-0.15, -0.1) is 0 Å². The summed E-state index contributed by atoms with van der Waals surface area (Å²) in [6, 6.07) is 12.5. The van der Waals surface area contributed by atoms with E-state index in [4.69, 9.17) is 4.74 Å². The Balaban J connectivity index is 1.72. The lowest BCUT2D eigenvalue weighted by molar-refractivity contribution is 0.415. The van der Waals surface area contributed by atoms with Crippen molar-refractivity contribution in [3.05, 3.63) is 53.9 Å². The van der Waals surface area contributed by atoms with Crippen LogP contribution in [0.25, 0.3) is 11.0 Å². The molecule has 0 aliphatic carbocycles. The van der Waals surface area contributed by atoms with Gasteiger partial charge in [-0.3, -0.25) is 0 Å². The molecule has 1 heterocycles. The van der Waals surface area contributed by atoms with E-state index in [1.165, 1.54) is 0 Å². The van der Waals surface area contributed by atoms with Crippen molar-refractivity contribution in [3.8, 4) is 5.75 Å². The van der Waals surface area contributed by atoms with Crippen molar-refractivity contribution < 1.29 is 13.2 Å². The Morgan fingerprint density at radius 1 is 1.16 bits per heavy atom. The van der Waals surface area contributed by atoms with Crippen LogP contribution in [0.15, 0.2) is 47.4 Å². The zero-order valence-electron chi connectivity index (χ0n) is 14.5. The Morgan fingerprint density at radius 2 is 1.88 bits per heavy atom. The first kappa shape index (κ1) is 17.4. The molecule has 0 bridgehead atoms. The van der Waals surface area contributed by atoms with Crippen LogP contribution in [0.1, 0.15) is 11.4 Å². The molecule has 2 aromatic carbocycles. The van der Waals surface area contributed by atoms with Crippen LogP contribution in [0, 0.1) is 6.92 Å². The SMILES string of the molecule is COc1ccc2c(c1)nc(CCNS(=O)(=O)c1ccc(C)cc1)n2C. The second-order valence-electron chi connectivity index (χ2n) is 5.90. The molecule has 0 spiro atoms. The third-order valence-electron chi connectivity index (χ3n) is 4.15. The van der Waals surface area contributed by atoms with Crippen LogP contribution < -0.4 is 9.46 Å². The molecule has 0 unspecified atom stereocenters. The molecule has 7 heteroatoms. The molecule has 0 aliphatic rings. The van der Waals surface area contributed by atoms with Crippen molar-refractivity contribution in [2.45, 2.75) is 18.2 Å². The number of ether oxygens (including phenoxy) is 1. The lowest BCUT2D eigenvalue weighted by Crippen LogP contribution is -2.26. The summed E-state index contributed by atoms with van der Waals surface area (Å²) < 4.78 is 34.5. The average molecular weight is 359 g/mol. The highest BCUT2D eigenvalue weighted by Crippen LogP contribution is 2.21. The van der Waals surface area contributed by atoms with E-state index >= 15 is 0 Å². The molecule has 25 heavy (non-hydrogen) atoms. The monoisotopic (exact) mass is 359 g/mol. The summed E-state index contributed by atoms with van der Waals surface area (Å²) in [6.07, 6.45) is 0.499. The fraction of sp³-hybridized carbons (Fsp3) is 0.278. The lowest BCUT2D eigenvalue weighted by atomic mass is 10.2. The van der Waals surface area contributed by atoms with Gasteiger partial charge in [0.2, 0.25) is 10.0 Å². The smallest absolute Gasteiger partial charge is 0.240 e. The third-order valence-corrected chi connectivity index (χ3v) is 5.63. The molecule has 3 rings (SSSR count). The van der Waals surface area contributed by atoms with Gasteiger partial charge in [0.25, 0.3) is 0 Å². The van der Waals surface area contributed by atoms with Gasteiger partial charge in [0, 0.05) is 26.1 Å².